The Hall–Kier alpha value is -0.490. The summed E-state index contributed by atoms with van der Waals surface area (Å²) in [6.07, 6.45) is 2.21. The van der Waals surface area contributed by atoms with Crippen molar-refractivity contribution in [1.82, 2.24) is 0 Å². The number of hydrogen-bond acceptors (Lipinski definition) is 3. The molecule has 1 aromatic carbocycles. The van der Waals surface area contributed by atoms with Gasteiger partial charge < -0.3 is 15.8 Å². The predicted molar refractivity (Wildman–Crippen MR) is 73.2 cm³/mol. The summed E-state index contributed by atoms with van der Waals surface area (Å²) < 4.78 is 6.15. The first-order chi connectivity index (χ1) is 7.24. The Kier molecular flexibility index (Phi) is 5.78. The Balaban J connectivity index is 2.31. The zero-order valence-corrected chi connectivity index (χ0v) is 11.1. The minimum atomic E-state index is 0.810. The molecule has 0 fully saturated rings. The van der Waals surface area contributed by atoms with Crippen LogP contribution in [0.5, 0.6) is 0 Å². The molecule has 0 aliphatic rings. The third-order valence-corrected chi connectivity index (χ3v) is 2.98. The summed E-state index contributed by atoms with van der Waals surface area (Å²) in [5, 5.41) is 3.38. The molecule has 1 aromatic rings. The molecule has 0 spiro atoms. The molecule has 0 bridgehead atoms. The number of anilines is 2. The fourth-order valence-electron chi connectivity index (χ4n) is 1.27. The Labute approximate surface area is 105 Å². The lowest BCUT2D eigenvalue weighted by Crippen LogP contribution is -2.04. The summed E-state index contributed by atoms with van der Waals surface area (Å²) in [6, 6.07) is 5.91. The summed E-state index contributed by atoms with van der Waals surface area (Å²) in [6.45, 7) is 1.81. The summed E-state index contributed by atoms with van der Waals surface area (Å²) in [5.41, 5.74) is 7.64. The largest absolute Gasteiger partial charge is 0.399 e. The first-order valence-electron chi connectivity index (χ1n) is 5.02. The molecule has 0 radical (unpaired) electrons. The van der Waals surface area contributed by atoms with Crippen LogP contribution < -0.4 is 11.1 Å². The van der Waals surface area contributed by atoms with Crippen molar-refractivity contribution in [3.63, 3.8) is 0 Å². The molecule has 0 aromatic heterocycles. The Morgan fingerprint density at radius 1 is 1.40 bits per heavy atom. The lowest BCUT2D eigenvalue weighted by Gasteiger charge is -2.08. The van der Waals surface area contributed by atoms with E-state index in [1.165, 1.54) is 3.57 Å². The van der Waals surface area contributed by atoms with Gasteiger partial charge in [-0.25, -0.2) is 0 Å². The highest BCUT2D eigenvalue weighted by Gasteiger charge is 1.98. The molecule has 3 N–H and O–H groups in total. The number of unbranched alkanes of at least 4 members (excludes halogenated alkanes) is 1. The van der Waals surface area contributed by atoms with Gasteiger partial charge in [-0.2, -0.15) is 0 Å². The van der Waals surface area contributed by atoms with Gasteiger partial charge in [0.15, 0.2) is 0 Å². The fraction of sp³-hybridized carbons (Fsp3) is 0.455. The van der Waals surface area contributed by atoms with Crippen LogP contribution in [-0.2, 0) is 4.74 Å². The average Bonchev–Trinajstić information content (AvgIpc) is 2.20. The second kappa shape index (κ2) is 6.90. The van der Waals surface area contributed by atoms with Gasteiger partial charge in [-0.1, -0.05) is 0 Å². The summed E-state index contributed by atoms with van der Waals surface area (Å²) in [7, 11) is 1.73. The van der Waals surface area contributed by atoms with E-state index in [9.17, 15) is 0 Å². The molecule has 0 aliphatic heterocycles. The van der Waals surface area contributed by atoms with Gasteiger partial charge in [0.2, 0.25) is 0 Å². The third kappa shape index (κ3) is 4.70. The van der Waals surface area contributed by atoms with E-state index in [0.717, 1.165) is 37.4 Å². The van der Waals surface area contributed by atoms with E-state index < -0.39 is 0 Å². The van der Waals surface area contributed by atoms with E-state index in [1.54, 1.807) is 7.11 Å². The van der Waals surface area contributed by atoms with Gasteiger partial charge in [0.05, 0.1) is 0 Å². The third-order valence-electron chi connectivity index (χ3n) is 2.08. The predicted octanol–water partition coefficient (Wildman–Crippen LogP) is 2.71. The number of ether oxygens (including phenoxy) is 1. The van der Waals surface area contributed by atoms with Crippen molar-refractivity contribution < 1.29 is 4.74 Å². The van der Waals surface area contributed by atoms with Gasteiger partial charge >= 0.3 is 0 Å². The number of nitrogens with one attached hydrogen (secondary N) is 1. The number of hydrogen-bond donors (Lipinski definition) is 2. The van der Waals surface area contributed by atoms with Gasteiger partial charge in [-0.3, -0.25) is 0 Å². The molecule has 0 aliphatic carbocycles. The molecule has 0 atom stereocenters. The average molecular weight is 320 g/mol. The van der Waals surface area contributed by atoms with Crippen LogP contribution in [0.4, 0.5) is 11.4 Å². The minimum absolute atomic E-state index is 0.810. The highest BCUT2D eigenvalue weighted by atomic mass is 127. The number of benzene rings is 1. The van der Waals surface area contributed by atoms with E-state index in [-0.39, 0.29) is 0 Å². The molecule has 84 valence electrons. The van der Waals surface area contributed by atoms with E-state index in [0.29, 0.717) is 0 Å². The van der Waals surface area contributed by atoms with E-state index in [4.69, 9.17) is 10.5 Å². The molecular weight excluding hydrogens is 303 g/mol. The zero-order chi connectivity index (χ0) is 11.1. The monoisotopic (exact) mass is 320 g/mol. The summed E-state index contributed by atoms with van der Waals surface area (Å²) in [5.74, 6) is 0. The van der Waals surface area contributed by atoms with Gasteiger partial charge in [-0.05, 0) is 53.6 Å². The Morgan fingerprint density at radius 3 is 2.87 bits per heavy atom. The molecule has 0 unspecified atom stereocenters. The zero-order valence-electron chi connectivity index (χ0n) is 8.92. The van der Waals surface area contributed by atoms with Crippen LogP contribution in [0.15, 0.2) is 18.2 Å². The van der Waals surface area contributed by atoms with Gasteiger partial charge in [0, 0.05) is 35.2 Å². The van der Waals surface area contributed by atoms with Crippen molar-refractivity contribution >= 4 is 34.0 Å². The van der Waals surface area contributed by atoms with Gasteiger partial charge in [0.25, 0.3) is 0 Å². The molecular formula is C11H17IN2O. The second-order valence-electron chi connectivity index (χ2n) is 3.37. The van der Waals surface area contributed by atoms with E-state index in [2.05, 4.69) is 27.9 Å². The number of rotatable bonds is 6. The van der Waals surface area contributed by atoms with Crippen LogP contribution in [0, 0.1) is 3.57 Å². The molecule has 3 nitrogen and oxygen atoms in total. The molecule has 0 saturated heterocycles. The standard InChI is InChI=1S/C11H17IN2O/c1-15-7-3-2-6-14-11-5-4-9(13)8-10(11)12/h4-5,8,14H,2-3,6-7,13H2,1H3. The quantitative estimate of drug-likeness (QED) is 0.481. The van der Waals surface area contributed by atoms with Crippen molar-refractivity contribution in [2.45, 2.75) is 12.8 Å². The Bertz CT molecular complexity index is 305. The van der Waals surface area contributed by atoms with Crippen molar-refractivity contribution in [3.05, 3.63) is 21.8 Å². The molecule has 0 saturated carbocycles. The maximum Gasteiger partial charge on any atom is 0.0477 e. The molecule has 4 heteroatoms. The molecule has 1 rings (SSSR count). The van der Waals surface area contributed by atoms with Crippen molar-refractivity contribution in [1.29, 1.82) is 0 Å². The minimum Gasteiger partial charge on any atom is -0.399 e. The highest BCUT2D eigenvalue weighted by molar-refractivity contribution is 14.1. The second-order valence-corrected chi connectivity index (χ2v) is 4.53. The lowest BCUT2D eigenvalue weighted by atomic mass is 10.2. The number of nitrogens with two attached hydrogens (primary N) is 1. The summed E-state index contributed by atoms with van der Waals surface area (Å²) >= 11 is 2.29. The first kappa shape index (κ1) is 12.6. The first-order valence-corrected chi connectivity index (χ1v) is 6.09. The number of methoxy groups -OCH3 is 1. The van der Waals surface area contributed by atoms with Gasteiger partial charge in [-0.15, -0.1) is 0 Å². The van der Waals surface area contributed by atoms with Crippen LogP contribution in [0.25, 0.3) is 0 Å². The summed E-state index contributed by atoms with van der Waals surface area (Å²) in [4.78, 5) is 0. The Morgan fingerprint density at radius 2 is 2.20 bits per heavy atom. The number of halogens is 1. The topological polar surface area (TPSA) is 47.3 Å². The lowest BCUT2D eigenvalue weighted by molar-refractivity contribution is 0.194. The fourth-order valence-corrected chi connectivity index (χ4v) is 2.00. The van der Waals surface area contributed by atoms with E-state index >= 15 is 0 Å². The van der Waals surface area contributed by atoms with Crippen LogP contribution >= 0.6 is 22.6 Å². The molecule has 0 amide bonds. The maximum atomic E-state index is 5.67. The van der Waals surface area contributed by atoms with Crippen molar-refractivity contribution in [2.24, 2.45) is 0 Å². The number of nitrogen functional groups attached to an aromatic ring is 1. The maximum absolute atomic E-state index is 5.67. The SMILES string of the molecule is COCCCCNc1ccc(N)cc1I. The molecule has 15 heavy (non-hydrogen) atoms. The molecule has 0 heterocycles. The smallest absolute Gasteiger partial charge is 0.0477 e. The normalized spacial score (nSPS) is 10.3. The van der Waals surface area contributed by atoms with E-state index in [1.807, 2.05) is 18.2 Å². The van der Waals surface area contributed by atoms with Crippen LogP contribution in [-0.4, -0.2) is 20.3 Å². The van der Waals surface area contributed by atoms with Gasteiger partial charge in [0.1, 0.15) is 0 Å². The van der Waals surface area contributed by atoms with Crippen molar-refractivity contribution in [3.8, 4) is 0 Å². The highest BCUT2D eigenvalue weighted by Crippen LogP contribution is 2.20. The van der Waals surface area contributed by atoms with Crippen LogP contribution in [0.3, 0.4) is 0 Å². The van der Waals surface area contributed by atoms with Crippen LogP contribution in [0.2, 0.25) is 0 Å². The van der Waals surface area contributed by atoms with Crippen molar-refractivity contribution in [2.75, 3.05) is 31.3 Å². The van der Waals surface area contributed by atoms with Crippen LogP contribution in [0.1, 0.15) is 12.8 Å².